The highest BCUT2D eigenvalue weighted by atomic mass is 32.2. The van der Waals surface area contributed by atoms with Gasteiger partial charge in [-0.25, -0.2) is 9.69 Å². The Balaban J connectivity index is 1.65. The van der Waals surface area contributed by atoms with Crippen LogP contribution in [0.1, 0.15) is 21.8 Å². The molecule has 5 rings (SSSR count). The lowest BCUT2D eigenvalue weighted by molar-refractivity contribution is -0.131. The summed E-state index contributed by atoms with van der Waals surface area (Å²) >= 11 is 0.984. The molecule has 3 atom stereocenters. The average Bonchev–Trinajstić information content (AvgIpc) is 3.07. The molecule has 2 aromatic carbocycles. The van der Waals surface area contributed by atoms with Gasteiger partial charge < -0.3 is 20.5 Å². The topological polar surface area (TPSA) is 128 Å². The first-order valence-electron chi connectivity index (χ1n) is 10.1. The zero-order valence-electron chi connectivity index (χ0n) is 17.7. The number of nitrogens with one attached hydrogen (secondary N) is 1. The Labute approximate surface area is 192 Å². The van der Waals surface area contributed by atoms with E-state index in [0.717, 1.165) is 16.7 Å². The summed E-state index contributed by atoms with van der Waals surface area (Å²) in [6, 6.07) is 11.4. The Bertz CT molecular complexity index is 1270. The van der Waals surface area contributed by atoms with Gasteiger partial charge in [0.2, 0.25) is 11.8 Å². The minimum absolute atomic E-state index is 0.162. The summed E-state index contributed by atoms with van der Waals surface area (Å²) in [6.07, 6.45) is 0. The van der Waals surface area contributed by atoms with Gasteiger partial charge in [0, 0.05) is 24.1 Å². The third-order valence-electron chi connectivity index (χ3n) is 6.07. The third-order valence-corrected chi connectivity index (χ3v) is 7.29. The van der Waals surface area contributed by atoms with Gasteiger partial charge in [-0.15, -0.1) is 0 Å². The molecule has 0 saturated carbocycles. The zero-order chi connectivity index (χ0) is 23.4. The number of nitrogens with zero attached hydrogens (tertiary/aromatic N) is 1. The van der Waals surface area contributed by atoms with Crippen LogP contribution in [0.3, 0.4) is 0 Å². The monoisotopic (exact) mass is 465 g/mol. The highest BCUT2D eigenvalue weighted by molar-refractivity contribution is 8.04. The molecule has 3 aliphatic heterocycles. The van der Waals surface area contributed by atoms with E-state index in [4.69, 9.17) is 15.2 Å². The molecule has 3 aliphatic rings. The van der Waals surface area contributed by atoms with Crippen LogP contribution in [0.25, 0.3) is 0 Å². The Hall–Kier alpha value is -3.79. The molecule has 3 N–H and O–H groups in total. The molecule has 0 spiro atoms. The van der Waals surface area contributed by atoms with E-state index in [1.807, 2.05) is 0 Å². The van der Waals surface area contributed by atoms with Crippen LogP contribution in [-0.2, 0) is 14.4 Å². The molecule has 0 aromatic heterocycles. The van der Waals surface area contributed by atoms with Crippen molar-refractivity contribution >= 4 is 41.1 Å². The lowest BCUT2D eigenvalue weighted by Crippen LogP contribution is -2.39. The van der Waals surface area contributed by atoms with Crippen molar-refractivity contribution in [2.45, 2.75) is 11.2 Å². The maximum atomic E-state index is 13.8. The number of fused-ring (bicyclic) bond motifs is 5. The molecule has 3 amide bonds. The number of benzene rings is 2. The number of amides is 3. The molecule has 10 heteroatoms. The predicted octanol–water partition coefficient (Wildman–Crippen LogP) is 1.53. The molecule has 1 fully saturated rings. The number of carbonyl (C=O) groups excluding carboxylic acids is 4. The van der Waals surface area contributed by atoms with E-state index in [2.05, 4.69) is 5.32 Å². The highest BCUT2D eigenvalue weighted by Crippen LogP contribution is 2.55. The first-order chi connectivity index (χ1) is 15.9. The van der Waals surface area contributed by atoms with Crippen molar-refractivity contribution in [3.8, 4) is 11.5 Å². The molecule has 2 aromatic rings. The lowest BCUT2D eigenvalue weighted by atomic mass is 9.77. The standard InChI is InChI=1S/C23H19N3O6S/c1-25-20(27)10-7-8-14(31-2)12(9-10)26-21(28)16-15-11-5-3-4-6-13(11)32-23(30)17(15)19(24)33-18(16)22(26)29/h3-9,15-16,18H,24H2,1-2H3,(H,25,27)/t15-,16+,18+/m1/s1. The summed E-state index contributed by atoms with van der Waals surface area (Å²) < 4.78 is 10.8. The van der Waals surface area contributed by atoms with Gasteiger partial charge in [-0.3, -0.25) is 14.4 Å². The molecule has 33 heavy (non-hydrogen) atoms. The van der Waals surface area contributed by atoms with Crippen LogP contribution in [0, 0.1) is 5.92 Å². The van der Waals surface area contributed by atoms with Crippen molar-refractivity contribution < 1.29 is 28.7 Å². The van der Waals surface area contributed by atoms with Gasteiger partial charge in [-0.2, -0.15) is 0 Å². The van der Waals surface area contributed by atoms with Gasteiger partial charge in [0.1, 0.15) is 16.7 Å². The number of hydrogen-bond donors (Lipinski definition) is 2. The summed E-state index contributed by atoms with van der Waals surface area (Å²) in [6.45, 7) is 0. The predicted molar refractivity (Wildman–Crippen MR) is 120 cm³/mol. The van der Waals surface area contributed by atoms with Crippen LogP contribution in [-0.4, -0.2) is 43.1 Å². The van der Waals surface area contributed by atoms with Gasteiger partial charge >= 0.3 is 5.97 Å². The smallest absolute Gasteiger partial charge is 0.342 e. The van der Waals surface area contributed by atoms with E-state index >= 15 is 0 Å². The van der Waals surface area contributed by atoms with E-state index in [1.165, 1.54) is 26.3 Å². The summed E-state index contributed by atoms with van der Waals surface area (Å²) in [5.74, 6) is -2.97. The van der Waals surface area contributed by atoms with Crippen molar-refractivity contribution in [2.24, 2.45) is 11.7 Å². The van der Waals surface area contributed by atoms with Crippen LogP contribution < -0.4 is 25.4 Å². The minimum Gasteiger partial charge on any atom is -0.495 e. The normalized spacial score (nSPS) is 23.5. The van der Waals surface area contributed by atoms with Gasteiger partial charge in [0.25, 0.3) is 5.91 Å². The van der Waals surface area contributed by atoms with Crippen LogP contribution >= 0.6 is 11.8 Å². The van der Waals surface area contributed by atoms with Crippen molar-refractivity contribution in [1.29, 1.82) is 0 Å². The van der Waals surface area contributed by atoms with Crippen molar-refractivity contribution in [1.82, 2.24) is 5.32 Å². The first kappa shape index (κ1) is 21.1. The maximum Gasteiger partial charge on any atom is 0.342 e. The molecule has 0 radical (unpaired) electrons. The number of ether oxygens (including phenoxy) is 2. The van der Waals surface area contributed by atoms with E-state index < -0.39 is 34.9 Å². The van der Waals surface area contributed by atoms with Crippen LogP contribution in [0.2, 0.25) is 0 Å². The Morgan fingerprint density at radius 3 is 2.64 bits per heavy atom. The summed E-state index contributed by atoms with van der Waals surface area (Å²) in [5.41, 5.74) is 7.45. The fraction of sp³-hybridized carbons (Fsp3) is 0.217. The maximum absolute atomic E-state index is 13.8. The van der Waals surface area contributed by atoms with Crippen LogP contribution in [0.5, 0.6) is 11.5 Å². The molecular weight excluding hydrogens is 446 g/mol. The number of carbonyl (C=O) groups is 4. The molecule has 0 unspecified atom stereocenters. The van der Waals surface area contributed by atoms with Crippen molar-refractivity contribution in [3.63, 3.8) is 0 Å². The highest BCUT2D eigenvalue weighted by Gasteiger charge is 2.59. The van der Waals surface area contributed by atoms with Gasteiger partial charge in [-0.05, 0) is 24.3 Å². The van der Waals surface area contributed by atoms with Crippen LogP contribution in [0.15, 0.2) is 53.1 Å². The van der Waals surface area contributed by atoms with Crippen molar-refractivity contribution in [2.75, 3.05) is 19.1 Å². The number of imide groups is 1. The number of thioether (sulfide) groups is 1. The number of anilines is 1. The van der Waals surface area contributed by atoms with Gasteiger partial charge in [0.15, 0.2) is 0 Å². The summed E-state index contributed by atoms with van der Waals surface area (Å²) in [7, 11) is 2.90. The third kappa shape index (κ3) is 3.01. The van der Waals surface area contributed by atoms with Crippen LogP contribution in [0.4, 0.5) is 5.69 Å². The zero-order valence-corrected chi connectivity index (χ0v) is 18.5. The van der Waals surface area contributed by atoms with E-state index in [0.29, 0.717) is 11.3 Å². The fourth-order valence-corrected chi connectivity index (χ4v) is 5.83. The molecule has 0 aliphatic carbocycles. The number of para-hydroxylation sites is 1. The van der Waals surface area contributed by atoms with E-state index in [1.54, 1.807) is 30.3 Å². The second kappa shape index (κ2) is 7.66. The number of esters is 1. The molecule has 9 nitrogen and oxygen atoms in total. The molecular formula is C23H19N3O6S. The Morgan fingerprint density at radius 2 is 1.91 bits per heavy atom. The first-order valence-corrected chi connectivity index (χ1v) is 11.0. The average molecular weight is 465 g/mol. The second-order valence-corrected chi connectivity index (χ2v) is 8.91. The molecule has 1 saturated heterocycles. The summed E-state index contributed by atoms with van der Waals surface area (Å²) in [5, 5.41) is 1.85. The van der Waals surface area contributed by atoms with E-state index in [-0.39, 0.29) is 33.5 Å². The number of rotatable bonds is 3. The lowest BCUT2D eigenvalue weighted by Gasteiger charge is -2.36. The number of nitrogens with two attached hydrogens (primary N) is 1. The van der Waals surface area contributed by atoms with Gasteiger partial charge in [0.05, 0.1) is 29.3 Å². The van der Waals surface area contributed by atoms with Crippen molar-refractivity contribution in [3.05, 3.63) is 64.2 Å². The molecule has 3 heterocycles. The quantitative estimate of drug-likeness (QED) is 0.397. The van der Waals surface area contributed by atoms with E-state index in [9.17, 15) is 19.2 Å². The fourth-order valence-electron chi connectivity index (χ4n) is 4.59. The summed E-state index contributed by atoms with van der Waals surface area (Å²) in [4.78, 5) is 53.2. The number of methoxy groups -OCH3 is 1. The minimum atomic E-state index is -0.868. The second-order valence-electron chi connectivity index (χ2n) is 7.72. The molecule has 0 bridgehead atoms. The number of hydrogen-bond acceptors (Lipinski definition) is 8. The van der Waals surface area contributed by atoms with Gasteiger partial charge in [-0.1, -0.05) is 30.0 Å². The Morgan fingerprint density at radius 1 is 1.15 bits per heavy atom. The Kier molecular flexibility index (Phi) is 4.89. The SMILES string of the molecule is CNC(=O)c1ccc(OC)c(N2C(=O)[C@@H]3[C@H](SC(N)=C4C(=O)Oc5ccccc5[C@@H]43)C2=O)c1. The largest absolute Gasteiger partial charge is 0.495 e. The molecule has 168 valence electrons.